The molecule has 4 aromatic rings. The molecular weight excluding hydrogens is 632 g/mol. The molecule has 14 heteroatoms. The molecule has 6 nitrogen and oxygen atoms in total. The maximum absolute atomic E-state index is 14.1. The van der Waals surface area contributed by atoms with Crippen molar-refractivity contribution in [2.24, 2.45) is 0 Å². The molecule has 2 N–H and O–H groups in total. The number of aryl methyl sites for hydroxylation is 2. The summed E-state index contributed by atoms with van der Waals surface area (Å²) in [7, 11) is 0. The van der Waals surface area contributed by atoms with Crippen LogP contribution in [0.5, 0.6) is 11.5 Å². The van der Waals surface area contributed by atoms with E-state index in [9.17, 15) is 44.7 Å². The number of alkyl halides is 6. The number of rotatable bonds is 8. The summed E-state index contributed by atoms with van der Waals surface area (Å²) in [6.07, 6.45) is -9.17. The normalized spacial score (nSPS) is 11.3. The highest BCUT2D eigenvalue weighted by Gasteiger charge is 2.33. The van der Waals surface area contributed by atoms with E-state index >= 15 is 0 Å². The number of aliphatic carboxylic acids is 2. The van der Waals surface area contributed by atoms with Gasteiger partial charge in [0.1, 0.15) is 23.1 Å². The average Bonchev–Trinajstić information content (AvgIpc) is 2.94. The van der Waals surface area contributed by atoms with Crippen LogP contribution in [0, 0.1) is 25.5 Å². The van der Waals surface area contributed by atoms with Gasteiger partial charge in [-0.25, -0.2) is 18.4 Å². The molecule has 4 rings (SSSR count). The summed E-state index contributed by atoms with van der Waals surface area (Å²) in [5.41, 5.74) is -0.877. The van der Waals surface area contributed by atoms with Gasteiger partial charge in [-0.05, 0) is 85.1 Å². The molecule has 46 heavy (non-hydrogen) atoms. The van der Waals surface area contributed by atoms with E-state index in [1.807, 2.05) is 0 Å². The fraction of sp³-hybridized carbons (Fsp3) is 0.188. The van der Waals surface area contributed by atoms with Crippen LogP contribution < -0.4 is 9.47 Å². The Balaban J connectivity index is 0.000000250. The molecule has 0 bridgehead atoms. The summed E-state index contributed by atoms with van der Waals surface area (Å²) in [4.78, 5) is 21.2. The highest BCUT2D eigenvalue weighted by molar-refractivity contribution is 5.76. The van der Waals surface area contributed by atoms with E-state index in [0.717, 1.165) is 48.5 Å². The minimum Gasteiger partial charge on any atom is -0.481 e. The first-order chi connectivity index (χ1) is 21.4. The molecule has 0 heterocycles. The van der Waals surface area contributed by atoms with E-state index in [4.69, 9.17) is 19.7 Å². The molecule has 4 aromatic carbocycles. The molecule has 0 saturated carbocycles. The van der Waals surface area contributed by atoms with Crippen molar-refractivity contribution in [3.8, 4) is 33.8 Å². The number of ether oxygens (including phenoxy) is 2. The lowest BCUT2D eigenvalue weighted by molar-refractivity contribution is -0.140. The Kier molecular flexibility index (Phi) is 11.0. The highest BCUT2D eigenvalue weighted by Crippen LogP contribution is 2.40. The molecule has 0 aliphatic rings. The second-order valence-corrected chi connectivity index (χ2v) is 9.67. The Hall–Kier alpha value is -5.14. The van der Waals surface area contributed by atoms with Crippen LogP contribution >= 0.6 is 0 Å². The molecule has 0 aliphatic heterocycles. The molecular formula is C32H24F8O6. The van der Waals surface area contributed by atoms with Crippen molar-refractivity contribution in [2.75, 3.05) is 13.2 Å². The maximum atomic E-state index is 14.1. The number of carboxylic acids is 2. The van der Waals surface area contributed by atoms with Crippen molar-refractivity contribution in [1.29, 1.82) is 0 Å². The third-order valence-corrected chi connectivity index (χ3v) is 6.29. The van der Waals surface area contributed by atoms with Crippen molar-refractivity contribution in [2.45, 2.75) is 26.2 Å². The maximum Gasteiger partial charge on any atom is 0.416 e. The summed E-state index contributed by atoms with van der Waals surface area (Å²) in [5, 5.41) is 17.3. The Morgan fingerprint density at radius 1 is 0.630 bits per heavy atom. The molecule has 0 saturated heterocycles. The van der Waals surface area contributed by atoms with Crippen LogP contribution in [0.3, 0.4) is 0 Å². The van der Waals surface area contributed by atoms with E-state index in [0.29, 0.717) is 16.7 Å². The van der Waals surface area contributed by atoms with Crippen LogP contribution in [-0.4, -0.2) is 35.4 Å². The predicted octanol–water partition coefficient (Wildman–Crippen LogP) is 8.57. The van der Waals surface area contributed by atoms with Crippen LogP contribution in [0.25, 0.3) is 22.3 Å². The number of halogens is 8. The van der Waals surface area contributed by atoms with Crippen molar-refractivity contribution >= 4 is 11.9 Å². The van der Waals surface area contributed by atoms with Crippen molar-refractivity contribution < 1.29 is 64.4 Å². The van der Waals surface area contributed by atoms with Crippen LogP contribution in [-0.2, 0) is 21.9 Å². The molecule has 0 atom stereocenters. The second-order valence-electron chi connectivity index (χ2n) is 9.67. The van der Waals surface area contributed by atoms with Crippen LogP contribution in [0.1, 0.15) is 22.3 Å². The average molecular weight is 657 g/mol. The predicted molar refractivity (Wildman–Crippen MR) is 149 cm³/mol. The van der Waals surface area contributed by atoms with Gasteiger partial charge in [0, 0.05) is 16.7 Å². The molecule has 0 unspecified atom stereocenters. The lowest BCUT2D eigenvalue weighted by atomic mass is 9.97. The van der Waals surface area contributed by atoms with Crippen molar-refractivity contribution in [1.82, 2.24) is 0 Å². The second kappa shape index (κ2) is 14.3. The molecule has 0 aromatic heterocycles. The summed E-state index contributed by atoms with van der Waals surface area (Å²) < 4.78 is 115. The number of benzene rings is 4. The number of hydrogen-bond donors (Lipinski definition) is 2. The Morgan fingerprint density at radius 3 is 1.59 bits per heavy atom. The monoisotopic (exact) mass is 656 g/mol. The van der Waals surface area contributed by atoms with Gasteiger partial charge in [-0.1, -0.05) is 18.2 Å². The zero-order valence-electron chi connectivity index (χ0n) is 23.9. The third kappa shape index (κ3) is 9.19. The Bertz CT molecular complexity index is 1710. The molecule has 244 valence electrons. The summed E-state index contributed by atoms with van der Waals surface area (Å²) in [5.74, 6) is -3.94. The van der Waals surface area contributed by atoms with Gasteiger partial charge < -0.3 is 19.7 Å². The first kappa shape index (κ1) is 35.3. The lowest BCUT2D eigenvalue weighted by Gasteiger charge is -2.16. The van der Waals surface area contributed by atoms with E-state index < -0.39 is 60.3 Å². The van der Waals surface area contributed by atoms with Gasteiger partial charge >= 0.3 is 24.3 Å². The number of carbonyl (C=O) groups is 2. The SMILES string of the molecule is Cc1cc(F)ccc1-c1cc(C(F)(F)F)ccc1OCC(=O)O.Cc1cccc(F)c1-c1cc(C(F)(F)F)ccc1OCC(=O)O. The number of hydrogen-bond acceptors (Lipinski definition) is 4. The topological polar surface area (TPSA) is 93.1 Å². The highest BCUT2D eigenvalue weighted by atomic mass is 19.4. The summed E-state index contributed by atoms with van der Waals surface area (Å²) in [6.45, 7) is 1.64. The summed E-state index contributed by atoms with van der Waals surface area (Å²) in [6, 6.07) is 12.9. The van der Waals surface area contributed by atoms with Gasteiger partial charge in [-0.2, -0.15) is 26.3 Å². The van der Waals surface area contributed by atoms with Gasteiger partial charge in [0.2, 0.25) is 0 Å². The molecule has 0 aliphatic carbocycles. The first-order valence-electron chi connectivity index (χ1n) is 13.0. The Morgan fingerprint density at radius 2 is 1.13 bits per heavy atom. The Labute approximate surface area is 256 Å². The van der Waals surface area contributed by atoms with Gasteiger partial charge in [-0.15, -0.1) is 0 Å². The van der Waals surface area contributed by atoms with Crippen molar-refractivity contribution in [3.05, 3.63) is 107 Å². The van der Waals surface area contributed by atoms with Crippen molar-refractivity contribution in [3.63, 3.8) is 0 Å². The van der Waals surface area contributed by atoms with E-state index in [1.54, 1.807) is 19.9 Å². The van der Waals surface area contributed by atoms with E-state index in [-0.39, 0.29) is 28.2 Å². The zero-order chi connectivity index (χ0) is 34.4. The largest absolute Gasteiger partial charge is 0.481 e. The molecule has 0 radical (unpaired) electrons. The smallest absolute Gasteiger partial charge is 0.416 e. The van der Waals surface area contributed by atoms with Gasteiger partial charge in [-0.3, -0.25) is 0 Å². The fourth-order valence-electron chi connectivity index (χ4n) is 4.25. The van der Waals surface area contributed by atoms with Gasteiger partial charge in [0.15, 0.2) is 13.2 Å². The van der Waals surface area contributed by atoms with E-state index in [1.165, 1.54) is 18.2 Å². The van der Waals surface area contributed by atoms with E-state index in [2.05, 4.69) is 0 Å². The molecule has 0 spiro atoms. The lowest BCUT2D eigenvalue weighted by Crippen LogP contribution is -2.11. The fourth-order valence-corrected chi connectivity index (χ4v) is 4.25. The number of carboxylic acid groups (broad SMARTS) is 2. The zero-order valence-corrected chi connectivity index (χ0v) is 23.9. The van der Waals surface area contributed by atoms with Crippen LogP contribution in [0.15, 0.2) is 72.8 Å². The molecule has 0 amide bonds. The van der Waals surface area contributed by atoms with Crippen LogP contribution in [0.4, 0.5) is 35.1 Å². The minimum absolute atomic E-state index is 0.0184. The minimum atomic E-state index is -4.61. The van der Waals surface area contributed by atoms with Gasteiger partial charge in [0.05, 0.1) is 11.1 Å². The standard InChI is InChI=1S/2C16H12F4O3/c1-9-6-11(17)3-4-12(9)13-7-10(16(18,19)20)2-5-14(13)23-8-15(21)22;1-9-3-2-4-12(17)15(9)11-7-10(16(18,19)20)5-6-13(11)23-8-14(21)22/h2*2-7H,8H2,1H3,(H,21,22). The first-order valence-corrected chi connectivity index (χ1v) is 13.0. The quantitative estimate of drug-likeness (QED) is 0.185. The third-order valence-electron chi connectivity index (χ3n) is 6.29. The summed E-state index contributed by atoms with van der Waals surface area (Å²) >= 11 is 0. The van der Waals surface area contributed by atoms with Gasteiger partial charge in [0.25, 0.3) is 0 Å². The molecule has 0 fully saturated rings. The van der Waals surface area contributed by atoms with Crippen LogP contribution in [0.2, 0.25) is 0 Å².